The third kappa shape index (κ3) is 2.51. The Morgan fingerprint density at radius 1 is 1.53 bits per heavy atom. The molecule has 1 fully saturated rings. The van der Waals surface area contributed by atoms with Gasteiger partial charge in [0.2, 0.25) is 0 Å². The normalized spacial score (nSPS) is 17.4. The van der Waals surface area contributed by atoms with Gasteiger partial charge < -0.3 is 5.32 Å². The number of nitrogens with one attached hydrogen (secondary N) is 1. The predicted molar refractivity (Wildman–Crippen MR) is 68.4 cm³/mol. The SMILES string of the molecule is CCC1(NC(=O)c2ccc(Br)cc2F)CCC1. The van der Waals surface area contributed by atoms with Crippen molar-refractivity contribution < 1.29 is 9.18 Å². The number of hydrogen-bond donors (Lipinski definition) is 1. The van der Waals surface area contributed by atoms with E-state index >= 15 is 0 Å². The zero-order chi connectivity index (χ0) is 12.5. The van der Waals surface area contributed by atoms with Crippen molar-refractivity contribution in [2.75, 3.05) is 0 Å². The molecule has 0 radical (unpaired) electrons. The number of benzene rings is 1. The summed E-state index contributed by atoms with van der Waals surface area (Å²) in [6.45, 7) is 2.05. The van der Waals surface area contributed by atoms with E-state index in [0.29, 0.717) is 4.47 Å². The van der Waals surface area contributed by atoms with E-state index in [1.807, 2.05) is 0 Å². The van der Waals surface area contributed by atoms with E-state index in [1.165, 1.54) is 12.1 Å². The highest BCUT2D eigenvalue weighted by Gasteiger charge is 2.36. The van der Waals surface area contributed by atoms with Crippen LogP contribution in [-0.2, 0) is 0 Å². The van der Waals surface area contributed by atoms with Gasteiger partial charge in [0.1, 0.15) is 5.82 Å². The monoisotopic (exact) mass is 299 g/mol. The van der Waals surface area contributed by atoms with Gasteiger partial charge in [-0.05, 0) is 43.9 Å². The van der Waals surface area contributed by atoms with Gasteiger partial charge in [0.15, 0.2) is 0 Å². The third-order valence-corrected chi connectivity index (χ3v) is 4.04. The first-order valence-corrected chi connectivity index (χ1v) is 6.63. The summed E-state index contributed by atoms with van der Waals surface area (Å²) in [6, 6.07) is 4.50. The van der Waals surface area contributed by atoms with Crippen LogP contribution in [0, 0.1) is 5.82 Å². The lowest BCUT2D eigenvalue weighted by Crippen LogP contribution is -2.53. The van der Waals surface area contributed by atoms with Crippen molar-refractivity contribution in [2.45, 2.75) is 38.1 Å². The van der Waals surface area contributed by atoms with Gasteiger partial charge in [0.25, 0.3) is 5.91 Å². The number of amides is 1. The minimum Gasteiger partial charge on any atom is -0.347 e. The predicted octanol–water partition coefficient (Wildman–Crippen LogP) is 3.65. The first-order valence-electron chi connectivity index (χ1n) is 5.84. The molecule has 0 unspecified atom stereocenters. The van der Waals surface area contributed by atoms with E-state index in [1.54, 1.807) is 6.07 Å². The van der Waals surface area contributed by atoms with Gasteiger partial charge in [0, 0.05) is 10.0 Å². The Hall–Kier alpha value is -0.900. The Kier molecular flexibility index (Phi) is 3.52. The van der Waals surface area contributed by atoms with E-state index in [-0.39, 0.29) is 17.0 Å². The molecule has 2 rings (SSSR count). The first kappa shape index (κ1) is 12.6. The maximum Gasteiger partial charge on any atom is 0.254 e. The van der Waals surface area contributed by atoms with Crippen LogP contribution in [0.3, 0.4) is 0 Å². The summed E-state index contributed by atoms with van der Waals surface area (Å²) in [4.78, 5) is 12.0. The van der Waals surface area contributed by atoms with Crippen molar-refractivity contribution in [3.05, 3.63) is 34.1 Å². The van der Waals surface area contributed by atoms with Gasteiger partial charge in [0.05, 0.1) is 5.56 Å². The molecule has 1 aliphatic rings. The van der Waals surface area contributed by atoms with Gasteiger partial charge in [-0.1, -0.05) is 22.9 Å². The highest BCUT2D eigenvalue weighted by Crippen LogP contribution is 2.35. The largest absolute Gasteiger partial charge is 0.347 e. The van der Waals surface area contributed by atoms with E-state index in [4.69, 9.17) is 0 Å². The second-order valence-corrected chi connectivity index (χ2v) is 5.48. The summed E-state index contributed by atoms with van der Waals surface area (Å²) < 4.78 is 14.3. The van der Waals surface area contributed by atoms with Crippen LogP contribution in [0.5, 0.6) is 0 Å². The minimum atomic E-state index is -0.484. The number of carbonyl (C=O) groups is 1. The van der Waals surface area contributed by atoms with Crippen molar-refractivity contribution in [3.8, 4) is 0 Å². The Labute approximate surface area is 109 Å². The quantitative estimate of drug-likeness (QED) is 0.907. The van der Waals surface area contributed by atoms with Crippen molar-refractivity contribution in [2.24, 2.45) is 0 Å². The standard InChI is InChI=1S/C13H15BrFNO/c1-2-13(6-3-7-13)16-12(17)10-5-4-9(14)8-11(10)15/h4-5,8H,2-3,6-7H2,1H3,(H,16,17). The number of carbonyl (C=O) groups excluding carboxylic acids is 1. The zero-order valence-corrected chi connectivity index (χ0v) is 11.3. The zero-order valence-electron chi connectivity index (χ0n) is 9.72. The molecule has 4 heteroatoms. The van der Waals surface area contributed by atoms with E-state index < -0.39 is 5.82 Å². The molecule has 1 N–H and O–H groups in total. The molecule has 1 aliphatic carbocycles. The van der Waals surface area contributed by atoms with Crippen LogP contribution in [0.15, 0.2) is 22.7 Å². The van der Waals surface area contributed by atoms with Gasteiger partial charge in [-0.25, -0.2) is 4.39 Å². The molecule has 17 heavy (non-hydrogen) atoms. The van der Waals surface area contributed by atoms with Crippen LogP contribution in [-0.4, -0.2) is 11.4 Å². The molecule has 0 saturated heterocycles. The molecular weight excluding hydrogens is 285 g/mol. The average Bonchev–Trinajstić information content (AvgIpc) is 2.23. The summed E-state index contributed by atoms with van der Waals surface area (Å²) in [6.07, 6.45) is 4.02. The smallest absolute Gasteiger partial charge is 0.254 e. The molecule has 0 aliphatic heterocycles. The third-order valence-electron chi connectivity index (χ3n) is 3.54. The molecule has 0 aromatic heterocycles. The molecule has 0 bridgehead atoms. The van der Waals surface area contributed by atoms with E-state index in [2.05, 4.69) is 28.2 Å². The molecular formula is C13H15BrFNO. The highest BCUT2D eigenvalue weighted by molar-refractivity contribution is 9.10. The summed E-state index contributed by atoms with van der Waals surface area (Å²) in [5, 5.41) is 2.96. The molecule has 0 heterocycles. The second-order valence-electron chi connectivity index (χ2n) is 4.57. The molecule has 1 aromatic carbocycles. The average molecular weight is 300 g/mol. The Morgan fingerprint density at radius 3 is 2.71 bits per heavy atom. The van der Waals surface area contributed by atoms with Crippen LogP contribution < -0.4 is 5.32 Å². The van der Waals surface area contributed by atoms with Gasteiger partial charge >= 0.3 is 0 Å². The summed E-state index contributed by atoms with van der Waals surface area (Å²) in [5.41, 5.74) is 0.0179. The molecule has 2 nitrogen and oxygen atoms in total. The van der Waals surface area contributed by atoms with E-state index in [0.717, 1.165) is 25.7 Å². The Morgan fingerprint density at radius 2 is 2.24 bits per heavy atom. The molecule has 1 aromatic rings. The number of hydrogen-bond acceptors (Lipinski definition) is 1. The lowest BCUT2D eigenvalue weighted by molar-refractivity contribution is 0.0816. The van der Waals surface area contributed by atoms with Crippen LogP contribution in [0.1, 0.15) is 43.0 Å². The maximum atomic E-state index is 13.6. The van der Waals surface area contributed by atoms with Crippen LogP contribution >= 0.6 is 15.9 Å². The number of halogens is 2. The molecule has 1 saturated carbocycles. The maximum absolute atomic E-state index is 13.6. The highest BCUT2D eigenvalue weighted by atomic mass is 79.9. The van der Waals surface area contributed by atoms with Crippen LogP contribution in [0.4, 0.5) is 4.39 Å². The fraction of sp³-hybridized carbons (Fsp3) is 0.462. The Bertz CT molecular complexity index is 438. The van der Waals surface area contributed by atoms with Crippen molar-refractivity contribution in [1.29, 1.82) is 0 Å². The van der Waals surface area contributed by atoms with Crippen LogP contribution in [0.2, 0.25) is 0 Å². The summed E-state index contributed by atoms with van der Waals surface area (Å²) >= 11 is 3.17. The summed E-state index contributed by atoms with van der Waals surface area (Å²) in [7, 11) is 0. The van der Waals surface area contributed by atoms with Gasteiger partial charge in [-0.15, -0.1) is 0 Å². The van der Waals surface area contributed by atoms with Gasteiger partial charge in [-0.3, -0.25) is 4.79 Å². The van der Waals surface area contributed by atoms with Crippen LogP contribution in [0.25, 0.3) is 0 Å². The lowest BCUT2D eigenvalue weighted by Gasteiger charge is -2.42. The topological polar surface area (TPSA) is 29.1 Å². The lowest BCUT2D eigenvalue weighted by atomic mass is 9.74. The molecule has 0 spiro atoms. The fourth-order valence-corrected chi connectivity index (χ4v) is 2.49. The van der Waals surface area contributed by atoms with Gasteiger partial charge in [-0.2, -0.15) is 0 Å². The Balaban J connectivity index is 2.14. The van der Waals surface area contributed by atoms with Crippen molar-refractivity contribution >= 4 is 21.8 Å². The molecule has 1 amide bonds. The van der Waals surface area contributed by atoms with Crippen molar-refractivity contribution in [3.63, 3.8) is 0 Å². The molecule has 0 atom stereocenters. The first-order chi connectivity index (χ1) is 8.06. The second kappa shape index (κ2) is 4.77. The van der Waals surface area contributed by atoms with E-state index in [9.17, 15) is 9.18 Å². The summed E-state index contributed by atoms with van der Waals surface area (Å²) in [5.74, 6) is -0.793. The minimum absolute atomic E-state index is 0.101. The number of rotatable bonds is 3. The fourth-order valence-electron chi connectivity index (χ4n) is 2.15. The van der Waals surface area contributed by atoms with Crippen molar-refractivity contribution in [1.82, 2.24) is 5.32 Å². The molecule has 92 valence electrons.